The predicted octanol–water partition coefficient (Wildman–Crippen LogP) is 4.32. The standard InChI is InChI=1S/C21H26N4O3S/c1-5-15(4)16-6-8-18(9-7-16)29(26,27)25-19(14(2)3)21-23-20(24-28-21)17-10-12-22-13-11-17/h6-15,19,25H,5H2,1-4H3. The molecule has 0 bridgehead atoms. The molecule has 2 heterocycles. The first-order chi connectivity index (χ1) is 13.8. The van der Waals surface area contributed by atoms with Gasteiger partial charge in [-0.2, -0.15) is 9.71 Å². The third kappa shape index (κ3) is 4.89. The van der Waals surface area contributed by atoms with Gasteiger partial charge in [-0.05, 0) is 48.1 Å². The number of aromatic nitrogens is 3. The Morgan fingerprint density at radius 1 is 1.03 bits per heavy atom. The van der Waals surface area contributed by atoms with Crippen molar-refractivity contribution in [2.24, 2.45) is 5.92 Å². The first-order valence-corrected chi connectivity index (χ1v) is 11.2. The fourth-order valence-electron chi connectivity index (χ4n) is 2.90. The third-order valence-corrected chi connectivity index (χ3v) is 6.42. The van der Waals surface area contributed by atoms with Gasteiger partial charge in [0, 0.05) is 18.0 Å². The van der Waals surface area contributed by atoms with E-state index in [9.17, 15) is 8.42 Å². The zero-order valence-electron chi connectivity index (χ0n) is 17.0. The van der Waals surface area contributed by atoms with E-state index in [1.54, 1.807) is 36.7 Å². The van der Waals surface area contributed by atoms with Crippen LogP contribution in [0.4, 0.5) is 0 Å². The Balaban J connectivity index is 1.84. The van der Waals surface area contributed by atoms with Crippen molar-refractivity contribution in [2.45, 2.75) is 51.0 Å². The maximum atomic E-state index is 12.9. The van der Waals surface area contributed by atoms with Crippen molar-refractivity contribution in [3.8, 4) is 11.4 Å². The lowest BCUT2D eigenvalue weighted by Gasteiger charge is -2.19. The molecule has 0 saturated heterocycles. The number of nitrogens with zero attached hydrogens (tertiary/aromatic N) is 3. The molecule has 0 aliphatic carbocycles. The normalized spacial score (nSPS) is 14.1. The fourth-order valence-corrected chi connectivity index (χ4v) is 4.24. The molecule has 0 saturated carbocycles. The van der Waals surface area contributed by atoms with Gasteiger partial charge in [-0.15, -0.1) is 0 Å². The number of sulfonamides is 1. The van der Waals surface area contributed by atoms with Gasteiger partial charge in [-0.3, -0.25) is 4.98 Å². The van der Waals surface area contributed by atoms with Crippen molar-refractivity contribution >= 4 is 10.0 Å². The molecule has 2 aromatic heterocycles. The summed E-state index contributed by atoms with van der Waals surface area (Å²) < 4.78 is 34.0. The summed E-state index contributed by atoms with van der Waals surface area (Å²) in [5, 5.41) is 3.98. The zero-order chi connectivity index (χ0) is 21.0. The molecule has 0 radical (unpaired) electrons. The number of rotatable bonds is 8. The summed E-state index contributed by atoms with van der Waals surface area (Å²) >= 11 is 0. The maximum absolute atomic E-state index is 12.9. The summed E-state index contributed by atoms with van der Waals surface area (Å²) in [4.78, 5) is 8.58. The van der Waals surface area contributed by atoms with Gasteiger partial charge in [0.2, 0.25) is 21.7 Å². The minimum atomic E-state index is -3.74. The molecular weight excluding hydrogens is 388 g/mol. The van der Waals surface area contributed by atoms with Crippen LogP contribution in [0.3, 0.4) is 0 Å². The highest BCUT2D eigenvalue weighted by molar-refractivity contribution is 7.89. The van der Waals surface area contributed by atoms with Gasteiger partial charge in [0.25, 0.3) is 0 Å². The monoisotopic (exact) mass is 414 g/mol. The number of hydrogen-bond donors (Lipinski definition) is 1. The van der Waals surface area contributed by atoms with Crippen LogP contribution in [0, 0.1) is 5.92 Å². The van der Waals surface area contributed by atoms with E-state index < -0.39 is 16.1 Å². The molecule has 0 amide bonds. The molecule has 2 atom stereocenters. The first-order valence-electron chi connectivity index (χ1n) is 9.68. The van der Waals surface area contributed by atoms with Crippen LogP contribution in [0.1, 0.15) is 57.5 Å². The van der Waals surface area contributed by atoms with E-state index in [-0.39, 0.29) is 16.7 Å². The van der Waals surface area contributed by atoms with Crippen LogP contribution >= 0.6 is 0 Å². The molecule has 0 aliphatic rings. The van der Waals surface area contributed by atoms with E-state index in [2.05, 4.69) is 33.7 Å². The molecule has 1 aromatic carbocycles. The summed E-state index contributed by atoms with van der Waals surface area (Å²) in [6.07, 6.45) is 4.27. The van der Waals surface area contributed by atoms with Crippen molar-refractivity contribution < 1.29 is 12.9 Å². The zero-order valence-corrected chi connectivity index (χ0v) is 17.8. The summed E-state index contributed by atoms with van der Waals surface area (Å²) in [5.74, 6) is 0.916. The topological polar surface area (TPSA) is 98.0 Å². The highest BCUT2D eigenvalue weighted by Gasteiger charge is 2.29. The van der Waals surface area contributed by atoms with E-state index in [1.165, 1.54) is 0 Å². The lowest BCUT2D eigenvalue weighted by atomic mass is 9.99. The van der Waals surface area contributed by atoms with Gasteiger partial charge in [0.05, 0.1) is 4.90 Å². The SMILES string of the molecule is CCC(C)c1ccc(S(=O)(=O)NC(c2nc(-c3ccncc3)no2)C(C)C)cc1. The first kappa shape index (κ1) is 21.1. The van der Waals surface area contributed by atoms with Crippen molar-refractivity contribution in [2.75, 3.05) is 0 Å². The van der Waals surface area contributed by atoms with Crippen LogP contribution in [0.5, 0.6) is 0 Å². The average molecular weight is 415 g/mol. The molecule has 3 aromatic rings. The molecule has 29 heavy (non-hydrogen) atoms. The summed E-state index contributed by atoms with van der Waals surface area (Å²) in [5.41, 5.74) is 1.87. The second-order valence-electron chi connectivity index (χ2n) is 7.41. The molecule has 1 N–H and O–H groups in total. The van der Waals surface area contributed by atoms with Crippen molar-refractivity contribution in [1.29, 1.82) is 0 Å². The van der Waals surface area contributed by atoms with Gasteiger partial charge in [-0.1, -0.05) is 45.0 Å². The van der Waals surface area contributed by atoms with Crippen LogP contribution < -0.4 is 4.72 Å². The number of pyridine rings is 1. The fraction of sp³-hybridized carbons (Fsp3) is 0.381. The number of nitrogens with one attached hydrogen (secondary N) is 1. The summed E-state index contributed by atoms with van der Waals surface area (Å²) in [6, 6.07) is 9.89. The van der Waals surface area contributed by atoms with E-state index >= 15 is 0 Å². The smallest absolute Gasteiger partial charge is 0.245 e. The van der Waals surface area contributed by atoms with Gasteiger partial charge in [0.15, 0.2) is 0 Å². The minimum Gasteiger partial charge on any atom is -0.337 e. The molecule has 3 rings (SSSR count). The molecule has 7 nitrogen and oxygen atoms in total. The van der Waals surface area contributed by atoms with Crippen molar-refractivity contribution in [1.82, 2.24) is 19.8 Å². The minimum absolute atomic E-state index is 0.0881. The lowest BCUT2D eigenvalue weighted by molar-refractivity contribution is 0.311. The third-order valence-electron chi connectivity index (χ3n) is 4.97. The summed E-state index contributed by atoms with van der Waals surface area (Å²) in [7, 11) is -3.74. The summed E-state index contributed by atoms with van der Waals surface area (Å²) in [6.45, 7) is 8.02. The Morgan fingerprint density at radius 2 is 1.69 bits per heavy atom. The number of hydrogen-bond acceptors (Lipinski definition) is 6. The van der Waals surface area contributed by atoms with E-state index in [1.807, 2.05) is 26.0 Å². The van der Waals surface area contributed by atoms with Gasteiger partial charge in [0.1, 0.15) is 6.04 Å². The van der Waals surface area contributed by atoms with E-state index in [0.717, 1.165) is 17.5 Å². The average Bonchev–Trinajstić information content (AvgIpc) is 3.22. The molecular formula is C21H26N4O3S. The molecule has 154 valence electrons. The second-order valence-corrected chi connectivity index (χ2v) is 9.13. The molecule has 0 spiro atoms. The predicted molar refractivity (Wildman–Crippen MR) is 111 cm³/mol. The van der Waals surface area contributed by atoms with Crippen LogP contribution in [-0.4, -0.2) is 23.5 Å². The Labute approximate surface area is 171 Å². The maximum Gasteiger partial charge on any atom is 0.245 e. The molecule has 2 unspecified atom stereocenters. The van der Waals surface area contributed by atoms with Crippen LogP contribution in [0.2, 0.25) is 0 Å². The Hall–Kier alpha value is -2.58. The highest BCUT2D eigenvalue weighted by atomic mass is 32.2. The Morgan fingerprint density at radius 3 is 2.28 bits per heavy atom. The molecule has 0 fully saturated rings. The molecule has 8 heteroatoms. The molecule has 0 aliphatic heterocycles. The Bertz CT molecular complexity index is 1030. The van der Waals surface area contributed by atoms with Crippen molar-refractivity contribution in [3.05, 3.63) is 60.2 Å². The van der Waals surface area contributed by atoms with E-state index in [4.69, 9.17) is 4.52 Å². The Kier molecular flexibility index (Phi) is 6.44. The quantitative estimate of drug-likeness (QED) is 0.589. The highest BCUT2D eigenvalue weighted by Crippen LogP contribution is 2.26. The van der Waals surface area contributed by atoms with Crippen LogP contribution in [0.25, 0.3) is 11.4 Å². The van der Waals surface area contributed by atoms with E-state index in [0.29, 0.717) is 11.7 Å². The lowest BCUT2D eigenvalue weighted by Crippen LogP contribution is -2.32. The van der Waals surface area contributed by atoms with Crippen LogP contribution in [0.15, 0.2) is 58.2 Å². The second kappa shape index (κ2) is 8.84. The van der Waals surface area contributed by atoms with Crippen molar-refractivity contribution in [3.63, 3.8) is 0 Å². The van der Waals surface area contributed by atoms with Gasteiger partial charge >= 0.3 is 0 Å². The van der Waals surface area contributed by atoms with Gasteiger partial charge in [-0.25, -0.2) is 8.42 Å². The van der Waals surface area contributed by atoms with Gasteiger partial charge < -0.3 is 4.52 Å². The van der Waals surface area contributed by atoms with Crippen LogP contribution in [-0.2, 0) is 10.0 Å². The largest absolute Gasteiger partial charge is 0.337 e. The number of benzene rings is 1.